The van der Waals surface area contributed by atoms with Crippen LogP contribution < -0.4 is 10.6 Å². The Hall–Kier alpha value is -2.30. The van der Waals surface area contributed by atoms with E-state index in [1.54, 1.807) is 12.1 Å². The van der Waals surface area contributed by atoms with Crippen molar-refractivity contribution in [1.29, 1.82) is 0 Å². The smallest absolute Gasteiger partial charge is 0.243 e. The molecule has 2 N–H and O–H groups in total. The number of likely N-dealkylation sites (tertiary alicyclic amines) is 1. The van der Waals surface area contributed by atoms with E-state index >= 15 is 0 Å². The van der Waals surface area contributed by atoms with Gasteiger partial charge in [-0.05, 0) is 68.2 Å². The van der Waals surface area contributed by atoms with Gasteiger partial charge >= 0.3 is 0 Å². The molecule has 8 nitrogen and oxygen atoms in total. The fraction of sp³-hybridized carbons (Fsp3) is 0.480. The number of hydrogen-bond donors (Lipinski definition) is 2. The average molecular weight is 487 g/mol. The van der Waals surface area contributed by atoms with Gasteiger partial charge in [-0.1, -0.05) is 24.3 Å². The number of morpholine rings is 1. The van der Waals surface area contributed by atoms with Crippen molar-refractivity contribution in [3.63, 3.8) is 0 Å². The molecule has 34 heavy (non-hydrogen) atoms. The summed E-state index contributed by atoms with van der Waals surface area (Å²) in [6, 6.07) is 14.3. The predicted molar refractivity (Wildman–Crippen MR) is 132 cm³/mol. The van der Waals surface area contributed by atoms with Crippen molar-refractivity contribution >= 4 is 21.6 Å². The van der Waals surface area contributed by atoms with Gasteiger partial charge in [0.2, 0.25) is 15.9 Å². The van der Waals surface area contributed by atoms with Crippen molar-refractivity contribution in [1.82, 2.24) is 14.5 Å². The molecule has 0 saturated carbocycles. The molecule has 184 valence electrons. The number of carbonyl (C=O) groups is 1. The Morgan fingerprint density at radius 2 is 1.62 bits per heavy atom. The maximum atomic E-state index is 12.8. The Bertz CT molecular complexity index is 1060. The zero-order valence-corrected chi connectivity index (χ0v) is 20.5. The molecule has 2 aliphatic heterocycles. The van der Waals surface area contributed by atoms with Crippen LogP contribution in [-0.2, 0) is 32.6 Å². The summed E-state index contributed by atoms with van der Waals surface area (Å²) in [5.41, 5.74) is 3.06. The number of benzene rings is 2. The quantitative estimate of drug-likeness (QED) is 0.566. The van der Waals surface area contributed by atoms with Gasteiger partial charge < -0.3 is 15.4 Å². The highest BCUT2D eigenvalue weighted by molar-refractivity contribution is 7.89. The van der Waals surface area contributed by atoms with Gasteiger partial charge in [-0.15, -0.1) is 0 Å². The minimum absolute atomic E-state index is 0.166. The van der Waals surface area contributed by atoms with Crippen LogP contribution in [-0.4, -0.2) is 69.0 Å². The average Bonchev–Trinajstić information content (AvgIpc) is 3.37. The Labute approximate surface area is 202 Å². The molecule has 0 bridgehead atoms. The zero-order chi connectivity index (χ0) is 24.0. The van der Waals surface area contributed by atoms with Gasteiger partial charge in [0.15, 0.2) is 0 Å². The molecule has 0 radical (unpaired) electrons. The number of rotatable bonds is 9. The lowest BCUT2D eigenvalue weighted by atomic mass is 10.1. The van der Waals surface area contributed by atoms with E-state index < -0.39 is 16.1 Å². The maximum Gasteiger partial charge on any atom is 0.243 e. The number of nitrogens with zero attached hydrogens (tertiary/aromatic N) is 2. The first-order valence-corrected chi connectivity index (χ1v) is 13.4. The molecule has 0 aromatic heterocycles. The van der Waals surface area contributed by atoms with Crippen LogP contribution in [0.25, 0.3) is 0 Å². The highest BCUT2D eigenvalue weighted by atomic mass is 32.2. The summed E-state index contributed by atoms with van der Waals surface area (Å²) < 4.78 is 32.2. The zero-order valence-electron chi connectivity index (χ0n) is 19.7. The summed E-state index contributed by atoms with van der Waals surface area (Å²) in [5, 5.41) is 6.19. The SMILES string of the molecule is C[C@H](NCc1ccccc1CN1CCCC1)C(=O)Nc1ccc(S(=O)(=O)N2CCOCC2)cc1. The summed E-state index contributed by atoms with van der Waals surface area (Å²) in [5.74, 6) is -0.166. The van der Waals surface area contributed by atoms with E-state index in [4.69, 9.17) is 4.74 Å². The molecule has 2 fully saturated rings. The third kappa shape index (κ3) is 6.22. The fourth-order valence-electron chi connectivity index (χ4n) is 4.32. The number of carbonyl (C=O) groups excluding carboxylic acids is 1. The molecule has 0 aliphatic carbocycles. The lowest BCUT2D eigenvalue weighted by molar-refractivity contribution is -0.117. The topological polar surface area (TPSA) is 91.0 Å². The number of ether oxygens (including phenoxy) is 1. The van der Waals surface area contributed by atoms with Crippen LogP contribution in [0.15, 0.2) is 53.4 Å². The lowest BCUT2D eigenvalue weighted by Crippen LogP contribution is -2.40. The number of amides is 1. The molecular weight excluding hydrogens is 452 g/mol. The van der Waals surface area contributed by atoms with Gasteiger partial charge in [0, 0.05) is 31.9 Å². The second kappa shape index (κ2) is 11.4. The first-order valence-electron chi connectivity index (χ1n) is 11.9. The highest BCUT2D eigenvalue weighted by Crippen LogP contribution is 2.20. The molecule has 2 aliphatic rings. The summed E-state index contributed by atoms with van der Waals surface area (Å²) in [6.45, 7) is 7.18. The van der Waals surface area contributed by atoms with Gasteiger partial charge in [-0.2, -0.15) is 4.31 Å². The first kappa shape index (κ1) is 24.8. The van der Waals surface area contributed by atoms with E-state index in [1.807, 2.05) is 13.0 Å². The summed E-state index contributed by atoms with van der Waals surface area (Å²) in [4.78, 5) is 15.4. The van der Waals surface area contributed by atoms with E-state index in [2.05, 4.69) is 33.7 Å². The van der Waals surface area contributed by atoms with Gasteiger partial charge in [0.05, 0.1) is 24.2 Å². The molecule has 0 spiro atoms. The predicted octanol–water partition coefficient (Wildman–Crippen LogP) is 2.42. The van der Waals surface area contributed by atoms with Gasteiger partial charge in [0.1, 0.15) is 0 Å². The van der Waals surface area contributed by atoms with Crippen LogP contribution in [0.4, 0.5) is 5.69 Å². The van der Waals surface area contributed by atoms with Crippen molar-refractivity contribution in [3.8, 4) is 0 Å². The van der Waals surface area contributed by atoms with Crippen LogP contribution in [0.5, 0.6) is 0 Å². The molecule has 2 aromatic rings. The number of hydrogen-bond acceptors (Lipinski definition) is 6. The molecular formula is C25H34N4O4S. The van der Waals surface area contributed by atoms with Crippen LogP contribution in [0, 0.1) is 0 Å². The van der Waals surface area contributed by atoms with Crippen molar-refractivity contribution in [3.05, 3.63) is 59.7 Å². The molecule has 1 amide bonds. The summed E-state index contributed by atoms with van der Waals surface area (Å²) >= 11 is 0. The normalized spacial score (nSPS) is 18.6. The van der Waals surface area contributed by atoms with E-state index in [0.29, 0.717) is 38.5 Å². The van der Waals surface area contributed by atoms with Crippen molar-refractivity contribution in [2.45, 2.75) is 43.8 Å². The van der Waals surface area contributed by atoms with E-state index in [0.717, 1.165) is 19.6 Å². The number of sulfonamides is 1. The molecule has 4 rings (SSSR count). The fourth-order valence-corrected chi connectivity index (χ4v) is 5.73. The van der Waals surface area contributed by atoms with E-state index in [-0.39, 0.29) is 10.8 Å². The van der Waals surface area contributed by atoms with Crippen LogP contribution in [0.1, 0.15) is 30.9 Å². The molecule has 0 unspecified atom stereocenters. The third-order valence-corrected chi connectivity index (χ3v) is 8.35. The van der Waals surface area contributed by atoms with Crippen LogP contribution >= 0.6 is 0 Å². The monoisotopic (exact) mass is 486 g/mol. The second-order valence-corrected chi connectivity index (χ2v) is 10.8. The first-order chi connectivity index (χ1) is 16.4. The number of anilines is 1. The minimum Gasteiger partial charge on any atom is -0.379 e. The summed E-state index contributed by atoms with van der Waals surface area (Å²) in [7, 11) is -3.55. The van der Waals surface area contributed by atoms with Gasteiger partial charge in [-0.3, -0.25) is 9.69 Å². The second-order valence-electron chi connectivity index (χ2n) is 8.88. The molecule has 9 heteroatoms. The molecule has 2 aromatic carbocycles. The van der Waals surface area contributed by atoms with E-state index in [9.17, 15) is 13.2 Å². The van der Waals surface area contributed by atoms with Gasteiger partial charge in [-0.25, -0.2) is 8.42 Å². The standard InChI is InChI=1S/C25H34N4O4S/c1-20(26-18-21-6-2-3-7-22(21)19-28-12-4-5-13-28)25(30)27-23-8-10-24(11-9-23)34(31,32)29-14-16-33-17-15-29/h2-3,6-11,20,26H,4-5,12-19H2,1H3,(H,27,30)/t20-/m0/s1. The third-order valence-electron chi connectivity index (χ3n) is 6.43. The lowest BCUT2D eigenvalue weighted by Gasteiger charge is -2.26. The minimum atomic E-state index is -3.55. The number of nitrogens with one attached hydrogen (secondary N) is 2. The van der Waals surface area contributed by atoms with Crippen molar-refractivity contribution in [2.24, 2.45) is 0 Å². The highest BCUT2D eigenvalue weighted by Gasteiger charge is 2.26. The Kier molecular flexibility index (Phi) is 8.33. The Morgan fingerprint density at radius 3 is 2.29 bits per heavy atom. The summed E-state index contributed by atoms with van der Waals surface area (Å²) in [6.07, 6.45) is 2.52. The van der Waals surface area contributed by atoms with Crippen LogP contribution in [0.2, 0.25) is 0 Å². The molecule has 1 atom stereocenters. The van der Waals surface area contributed by atoms with Crippen LogP contribution in [0.3, 0.4) is 0 Å². The Morgan fingerprint density at radius 1 is 0.971 bits per heavy atom. The Balaban J connectivity index is 1.31. The molecule has 2 saturated heterocycles. The van der Waals surface area contributed by atoms with Crippen molar-refractivity contribution < 1.29 is 17.9 Å². The maximum absolute atomic E-state index is 12.8. The van der Waals surface area contributed by atoms with Crippen molar-refractivity contribution in [2.75, 3.05) is 44.7 Å². The van der Waals surface area contributed by atoms with E-state index in [1.165, 1.54) is 40.4 Å². The largest absolute Gasteiger partial charge is 0.379 e. The van der Waals surface area contributed by atoms with Gasteiger partial charge in [0.25, 0.3) is 0 Å². The molecule has 2 heterocycles.